The van der Waals surface area contributed by atoms with Gasteiger partial charge in [0.05, 0.1) is 5.75 Å². The number of hydrogen-bond donors (Lipinski definition) is 1. The van der Waals surface area contributed by atoms with Gasteiger partial charge in [-0.1, -0.05) is 30.3 Å². The molecule has 0 aliphatic carbocycles. The smallest absolute Gasteiger partial charge is 0.148 e. The molecular formula is C11H17NO2S. The van der Waals surface area contributed by atoms with Crippen LogP contribution in [0.2, 0.25) is 0 Å². The molecule has 0 aliphatic rings. The Kier molecular flexibility index (Phi) is 4.78. The van der Waals surface area contributed by atoms with Gasteiger partial charge in [-0.05, 0) is 18.5 Å². The molecule has 4 heteroatoms. The van der Waals surface area contributed by atoms with Gasteiger partial charge in [0, 0.05) is 12.8 Å². The molecule has 0 atom stereocenters. The highest BCUT2D eigenvalue weighted by atomic mass is 32.2. The summed E-state index contributed by atoms with van der Waals surface area (Å²) in [6, 6.07) is 10.1. The number of hydrogen-bond acceptors (Lipinski definition) is 3. The third-order valence-electron chi connectivity index (χ3n) is 2.08. The largest absolute Gasteiger partial charge is 0.315 e. The standard InChI is InChI=1S/C11H17NO2S/c1-15(13,14)10-9-12-8-7-11-5-3-2-4-6-11/h2-6,12H,7-10H2,1H3. The minimum absolute atomic E-state index is 0.210. The van der Waals surface area contributed by atoms with E-state index in [9.17, 15) is 8.42 Å². The Morgan fingerprint density at radius 2 is 1.80 bits per heavy atom. The van der Waals surface area contributed by atoms with E-state index in [1.807, 2.05) is 18.2 Å². The lowest BCUT2D eigenvalue weighted by atomic mass is 10.1. The van der Waals surface area contributed by atoms with Crippen molar-refractivity contribution in [3.8, 4) is 0 Å². The van der Waals surface area contributed by atoms with Crippen molar-refractivity contribution in [2.24, 2.45) is 0 Å². The maximum atomic E-state index is 10.8. The number of benzene rings is 1. The molecule has 0 saturated carbocycles. The topological polar surface area (TPSA) is 46.2 Å². The van der Waals surface area contributed by atoms with Gasteiger partial charge in [0.1, 0.15) is 9.84 Å². The van der Waals surface area contributed by atoms with E-state index < -0.39 is 9.84 Å². The highest BCUT2D eigenvalue weighted by molar-refractivity contribution is 7.90. The number of sulfone groups is 1. The fourth-order valence-corrected chi connectivity index (χ4v) is 1.78. The van der Waals surface area contributed by atoms with Gasteiger partial charge >= 0.3 is 0 Å². The third-order valence-corrected chi connectivity index (χ3v) is 3.03. The summed E-state index contributed by atoms with van der Waals surface area (Å²) in [4.78, 5) is 0. The Morgan fingerprint density at radius 1 is 1.13 bits per heavy atom. The van der Waals surface area contributed by atoms with Gasteiger partial charge in [0.15, 0.2) is 0 Å². The molecule has 0 saturated heterocycles. The predicted octanol–water partition coefficient (Wildman–Crippen LogP) is 0.863. The van der Waals surface area contributed by atoms with Crippen LogP contribution in [-0.2, 0) is 16.3 Å². The first kappa shape index (κ1) is 12.2. The first-order chi connectivity index (χ1) is 7.08. The summed E-state index contributed by atoms with van der Waals surface area (Å²) in [5.74, 6) is 0.210. The van der Waals surface area contributed by atoms with Crippen LogP contribution in [-0.4, -0.2) is 33.5 Å². The summed E-state index contributed by atoms with van der Waals surface area (Å²) in [6.07, 6.45) is 2.19. The third kappa shape index (κ3) is 6.25. The molecule has 1 aromatic rings. The number of rotatable bonds is 6. The Balaban J connectivity index is 2.13. The summed E-state index contributed by atoms with van der Waals surface area (Å²) in [6.45, 7) is 1.35. The van der Waals surface area contributed by atoms with Crippen molar-refractivity contribution in [3.05, 3.63) is 35.9 Å². The van der Waals surface area contributed by atoms with Crippen molar-refractivity contribution < 1.29 is 8.42 Å². The van der Waals surface area contributed by atoms with Crippen LogP contribution < -0.4 is 5.32 Å². The van der Waals surface area contributed by atoms with Gasteiger partial charge in [-0.25, -0.2) is 8.42 Å². The van der Waals surface area contributed by atoms with Crippen LogP contribution in [0.15, 0.2) is 30.3 Å². The van der Waals surface area contributed by atoms with Crippen LogP contribution in [0.4, 0.5) is 0 Å². The molecule has 1 N–H and O–H groups in total. The van der Waals surface area contributed by atoms with Crippen molar-refractivity contribution in [2.75, 3.05) is 25.1 Å². The van der Waals surface area contributed by atoms with Gasteiger partial charge in [0.25, 0.3) is 0 Å². The summed E-state index contributed by atoms with van der Waals surface area (Å²) >= 11 is 0. The van der Waals surface area contributed by atoms with Crippen LogP contribution in [0.3, 0.4) is 0 Å². The second-order valence-electron chi connectivity index (χ2n) is 3.62. The van der Waals surface area contributed by atoms with E-state index in [0.717, 1.165) is 13.0 Å². The monoisotopic (exact) mass is 227 g/mol. The minimum Gasteiger partial charge on any atom is -0.315 e. The van der Waals surface area contributed by atoms with Crippen LogP contribution >= 0.6 is 0 Å². The number of nitrogens with one attached hydrogen (secondary N) is 1. The van der Waals surface area contributed by atoms with Gasteiger partial charge in [-0.15, -0.1) is 0 Å². The average molecular weight is 227 g/mol. The quantitative estimate of drug-likeness (QED) is 0.733. The molecule has 0 unspecified atom stereocenters. The van der Waals surface area contributed by atoms with E-state index in [2.05, 4.69) is 17.4 Å². The van der Waals surface area contributed by atoms with Gasteiger partial charge in [-0.2, -0.15) is 0 Å². The molecule has 0 heterocycles. The molecule has 0 aliphatic heterocycles. The van der Waals surface area contributed by atoms with E-state index in [0.29, 0.717) is 6.54 Å². The highest BCUT2D eigenvalue weighted by Gasteiger charge is 2.00. The lowest BCUT2D eigenvalue weighted by Gasteiger charge is -2.03. The Labute approximate surface area is 91.4 Å². The first-order valence-corrected chi connectivity index (χ1v) is 7.06. The Bertz CT molecular complexity index is 373. The summed E-state index contributed by atoms with van der Waals surface area (Å²) in [7, 11) is -2.83. The molecule has 0 aromatic heterocycles. The van der Waals surface area contributed by atoms with Crippen molar-refractivity contribution in [1.29, 1.82) is 0 Å². The van der Waals surface area contributed by atoms with E-state index in [-0.39, 0.29) is 5.75 Å². The van der Waals surface area contributed by atoms with Crippen LogP contribution in [0, 0.1) is 0 Å². The van der Waals surface area contributed by atoms with Crippen LogP contribution in [0.1, 0.15) is 5.56 Å². The molecule has 0 bridgehead atoms. The zero-order chi connectivity index (χ0) is 11.1. The fraction of sp³-hybridized carbons (Fsp3) is 0.455. The highest BCUT2D eigenvalue weighted by Crippen LogP contribution is 1.97. The lowest BCUT2D eigenvalue weighted by Crippen LogP contribution is -2.24. The van der Waals surface area contributed by atoms with Crippen LogP contribution in [0.25, 0.3) is 0 Å². The zero-order valence-corrected chi connectivity index (χ0v) is 9.76. The molecule has 84 valence electrons. The van der Waals surface area contributed by atoms with Gasteiger partial charge < -0.3 is 5.32 Å². The average Bonchev–Trinajstić information content (AvgIpc) is 2.17. The Morgan fingerprint density at radius 3 is 2.40 bits per heavy atom. The molecule has 0 fully saturated rings. The van der Waals surface area contributed by atoms with E-state index in [1.165, 1.54) is 11.8 Å². The molecule has 0 amide bonds. The molecule has 1 rings (SSSR count). The second kappa shape index (κ2) is 5.88. The SMILES string of the molecule is CS(=O)(=O)CCNCCc1ccccc1. The van der Waals surface area contributed by atoms with E-state index in [4.69, 9.17) is 0 Å². The van der Waals surface area contributed by atoms with Crippen molar-refractivity contribution in [2.45, 2.75) is 6.42 Å². The molecule has 15 heavy (non-hydrogen) atoms. The predicted molar refractivity (Wildman–Crippen MR) is 62.7 cm³/mol. The molecular weight excluding hydrogens is 210 g/mol. The maximum absolute atomic E-state index is 10.8. The van der Waals surface area contributed by atoms with E-state index in [1.54, 1.807) is 0 Å². The van der Waals surface area contributed by atoms with Crippen LogP contribution in [0.5, 0.6) is 0 Å². The summed E-state index contributed by atoms with van der Waals surface area (Å²) in [5.41, 5.74) is 1.27. The molecule has 0 spiro atoms. The minimum atomic E-state index is -2.83. The van der Waals surface area contributed by atoms with Crippen molar-refractivity contribution in [3.63, 3.8) is 0 Å². The van der Waals surface area contributed by atoms with E-state index >= 15 is 0 Å². The zero-order valence-electron chi connectivity index (χ0n) is 8.94. The Hall–Kier alpha value is -0.870. The van der Waals surface area contributed by atoms with Gasteiger partial charge in [-0.3, -0.25) is 0 Å². The first-order valence-electron chi connectivity index (χ1n) is 5.00. The molecule has 3 nitrogen and oxygen atoms in total. The normalized spacial score (nSPS) is 11.5. The summed E-state index contributed by atoms with van der Waals surface area (Å²) in [5, 5.41) is 3.11. The van der Waals surface area contributed by atoms with Crippen molar-refractivity contribution >= 4 is 9.84 Å². The summed E-state index contributed by atoms with van der Waals surface area (Å²) < 4.78 is 21.6. The second-order valence-corrected chi connectivity index (χ2v) is 5.88. The van der Waals surface area contributed by atoms with Gasteiger partial charge in [0.2, 0.25) is 0 Å². The maximum Gasteiger partial charge on any atom is 0.148 e. The van der Waals surface area contributed by atoms with Crippen molar-refractivity contribution in [1.82, 2.24) is 5.32 Å². The molecule has 0 radical (unpaired) electrons. The lowest BCUT2D eigenvalue weighted by molar-refractivity contribution is 0.596. The molecule has 1 aromatic carbocycles. The fourth-order valence-electron chi connectivity index (χ4n) is 1.26.